The average Bonchev–Trinajstić information content (AvgIpc) is 3.06. The van der Waals surface area contributed by atoms with Gasteiger partial charge < -0.3 is 14.5 Å². The Morgan fingerprint density at radius 1 is 1.26 bits per heavy atom. The second-order valence-electron chi connectivity index (χ2n) is 6.76. The maximum Gasteiger partial charge on any atom is 0.220 e. The summed E-state index contributed by atoms with van der Waals surface area (Å²) in [6.45, 7) is 3.79. The molecule has 2 aliphatic heterocycles. The molecule has 0 aliphatic carbocycles. The molecular formula is C18H28N2O3. The minimum atomic E-state index is 0.149. The Labute approximate surface area is 138 Å². The van der Waals surface area contributed by atoms with Crippen molar-refractivity contribution in [3.8, 4) is 0 Å². The van der Waals surface area contributed by atoms with E-state index in [9.17, 15) is 4.79 Å². The number of nitrogens with one attached hydrogen (secondary N) is 1. The summed E-state index contributed by atoms with van der Waals surface area (Å²) in [6, 6.07) is 4.16. The fourth-order valence-corrected chi connectivity index (χ4v) is 3.55. The topological polar surface area (TPSA) is 54.7 Å². The molecule has 3 rings (SSSR count). The van der Waals surface area contributed by atoms with Gasteiger partial charge in [0.05, 0.1) is 6.54 Å². The summed E-state index contributed by atoms with van der Waals surface area (Å²) in [6.07, 6.45) is 6.44. The molecule has 2 fully saturated rings. The van der Waals surface area contributed by atoms with Crippen LogP contribution in [0.1, 0.15) is 56.1 Å². The molecule has 1 aromatic rings. The highest BCUT2D eigenvalue weighted by atomic mass is 16.5. The first-order chi connectivity index (χ1) is 11.2. The lowest BCUT2D eigenvalue weighted by molar-refractivity contribution is -0.121. The second-order valence-corrected chi connectivity index (χ2v) is 6.76. The van der Waals surface area contributed by atoms with Gasteiger partial charge in [-0.2, -0.15) is 0 Å². The zero-order valence-corrected chi connectivity index (χ0v) is 14.1. The molecule has 23 heavy (non-hydrogen) atoms. The van der Waals surface area contributed by atoms with Gasteiger partial charge in [-0.1, -0.05) is 0 Å². The average molecular weight is 320 g/mol. The van der Waals surface area contributed by atoms with Crippen LogP contribution >= 0.6 is 0 Å². The number of furan rings is 1. The number of rotatable bonds is 5. The van der Waals surface area contributed by atoms with Gasteiger partial charge in [-0.05, 0) is 63.2 Å². The van der Waals surface area contributed by atoms with Crippen molar-refractivity contribution < 1.29 is 13.9 Å². The van der Waals surface area contributed by atoms with E-state index in [0.717, 1.165) is 63.4 Å². The summed E-state index contributed by atoms with van der Waals surface area (Å²) < 4.78 is 11.8. The first-order valence-corrected chi connectivity index (χ1v) is 8.87. The van der Waals surface area contributed by atoms with Gasteiger partial charge in [-0.15, -0.1) is 0 Å². The van der Waals surface area contributed by atoms with E-state index in [1.807, 2.05) is 0 Å². The first kappa shape index (κ1) is 16.5. The molecule has 1 amide bonds. The minimum Gasteiger partial charge on any atom is -0.462 e. The van der Waals surface area contributed by atoms with Crippen molar-refractivity contribution in [3.63, 3.8) is 0 Å². The number of likely N-dealkylation sites (tertiary alicyclic amines) is 1. The lowest BCUT2D eigenvalue weighted by Crippen LogP contribution is -2.35. The van der Waals surface area contributed by atoms with Gasteiger partial charge in [0.15, 0.2) is 0 Å². The molecule has 5 nitrogen and oxygen atoms in total. The van der Waals surface area contributed by atoms with Crippen molar-refractivity contribution in [1.29, 1.82) is 0 Å². The zero-order valence-electron chi connectivity index (χ0n) is 14.1. The fraction of sp³-hybridized carbons (Fsp3) is 0.722. The molecule has 2 aliphatic rings. The van der Waals surface area contributed by atoms with E-state index < -0.39 is 0 Å². The zero-order chi connectivity index (χ0) is 16.1. The maximum atomic E-state index is 11.5. The molecule has 0 unspecified atom stereocenters. The summed E-state index contributed by atoms with van der Waals surface area (Å²) in [7, 11) is 1.71. The predicted octanol–water partition coefficient (Wildman–Crippen LogP) is 2.87. The van der Waals surface area contributed by atoms with Gasteiger partial charge in [0.25, 0.3) is 0 Å². The predicted molar refractivity (Wildman–Crippen MR) is 87.9 cm³/mol. The molecule has 0 bridgehead atoms. The van der Waals surface area contributed by atoms with Crippen molar-refractivity contribution >= 4 is 5.91 Å². The lowest BCUT2D eigenvalue weighted by atomic mass is 9.93. The molecule has 1 N–H and O–H groups in total. The summed E-state index contributed by atoms with van der Waals surface area (Å²) >= 11 is 0. The Morgan fingerprint density at radius 2 is 2.09 bits per heavy atom. The number of ether oxygens (including phenoxy) is 1. The second kappa shape index (κ2) is 7.97. The third-order valence-electron chi connectivity index (χ3n) is 5.02. The summed E-state index contributed by atoms with van der Waals surface area (Å²) in [5, 5.41) is 2.72. The van der Waals surface area contributed by atoms with Crippen LogP contribution in [0, 0.1) is 5.92 Å². The quantitative estimate of drug-likeness (QED) is 0.906. The number of carbonyl (C=O) groups is 1. The maximum absolute atomic E-state index is 11.5. The van der Waals surface area contributed by atoms with Gasteiger partial charge in [0, 0.05) is 20.1 Å². The number of piperidine rings is 1. The Balaban J connectivity index is 1.45. The van der Waals surface area contributed by atoms with Crippen LogP contribution in [-0.4, -0.2) is 37.6 Å². The van der Waals surface area contributed by atoms with E-state index in [0.29, 0.717) is 12.3 Å². The molecule has 1 aromatic heterocycles. The van der Waals surface area contributed by atoms with Gasteiger partial charge in [-0.25, -0.2) is 0 Å². The van der Waals surface area contributed by atoms with E-state index in [4.69, 9.17) is 9.15 Å². The van der Waals surface area contributed by atoms with Crippen molar-refractivity contribution in [2.24, 2.45) is 5.92 Å². The molecule has 128 valence electrons. The molecular weight excluding hydrogens is 292 g/mol. The number of hydrogen-bond acceptors (Lipinski definition) is 4. The molecule has 1 atom stereocenters. The third kappa shape index (κ3) is 4.58. The molecule has 0 spiro atoms. The third-order valence-corrected chi connectivity index (χ3v) is 5.02. The normalized spacial score (nSPS) is 23.8. The van der Waals surface area contributed by atoms with Crippen LogP contribution < -0.4 is 5.32 Å². The molecule has 5 heteroatoms. The highest BCUT2D eigenvalue weighted by Crippen LogP contribution is 2.30. The van der Waals surface area contributed by atoms with Gasteiger partial charge in [0.1, 0.15) is 17.6 Å². The van der Waals surface area contributed by atoms with Crippen molar-refractivity contribution in [3.05, 3.63) is 23.7 Å². The monoisotopic (exact) mass is 320 g/mol. The summed E-state index contributed by atoms with van der Waals surface area (Å²) in [5.41, 5.74) is 0. The number of amides is 1. The Morgan fingerprint density at radius 3 is 2.78 bits per heavy atom. The van der Waals surface area contributed by atoms with Crippen LogP contribution in [0.2, 0.25) is 0 Å². The molecule has 0 saturated carbocycles. The number of nitrogens with zero attached hydrogens (tertiary/aromatic N) is 1. The largest absolute Gasteiger partial charge is 0.462 e. The van der Waals surface area contributed by atoms with Crippen molar-refractivity contribution in [2.75, 3.05) is 26.7 Å². The van der Waals surface area contributed by atoms with E-state index in [-0.39, 0.29) is 12.0 Å². The highest BCUT2D eigenvalue weighted by molar-refractivity contribution is 5.75. The summed E-state index contributed by atoms with van der Waals surface area (Å²) in [5.74, 6) is 2.69. The van der Waals surface area contributed by atoms with E-state index >= 15 is 0 Å². The smallest absolute Gasteiger partial charge is 0.220 e. The fourth-order valence-electron chi connectivity index (χ4n) is 3.55. The van der Waals surface area contributed by atoms with E-state index in [1.54, 1.807) is 7.05 Å². The molecule has 0 aromatic carbocycles. The van der Waals surface area contributed by atoms with Crippen LogP contribution in [-0.2, 0) is 16.1 Å². The summed E-state index contributed by atoms with van der Waals surface area (Å²) in [4.78, 5) is 13.9. The van der Waals surface area contributed by atoms with E-state index in [2.05, 4.69) is 22.3 Å². The van der Waals surface area contributed by atoms with Crippen LogP contribution in [0.25, 0.3) is 0 Å². The molecule has 3 heterocycles. The number of hydrogen-bond donors (Lipinski definition) is 1. The van der Waals surface area contributed by atoms with Crippen LogP contribution in [0.5, 0.6) is 0 Å². The van der Waals surface area contributed by atoms with Crippen LogP contribution in [0.4, 0.5) is 0 Å². The molecule has 0 radical (unpaired) electrons. The Hall–Kier alpha value is -1.33. The number of carbonyl (C=O) groups excluding carboxylic acids is 1. The standard InChI is InChI=1S/C18H28N2O3/c1-19-18(21)12-14-7-9-20(10-8-14)13-15-5-6-17(23-15)16-4-2-3-11-22-16/h5-6,14,16H,2-4,7-13H2,1H3,(H,19,21)/t16-/m1/s1. The Kier molecular flexibility index (Phi) is 5.73. The van der Waals surface area contributed by atoms with Crippen molar-refractivity contribution in [2.45, 2.75) is 51.2 Å². The van der Waals surface area contributed by atoms with Gasteiger partial charge >= 0.3 is 0 Å². The lowest BCUT2D eigenvalue weighted by Gasteiger charge is -2.31. The van der Waals surface area contributed by atoms with Gasteiger partial charge in [0.2, 0.25) is 5.91 Å². The van der Waals surface area contributed by atoms with Crippen LogP contribution in [0.3, 0.4) is 0 Å². The van der Waals surface area contributed by atoms with E-state index in [1.165, 1.54) is 6.42 Å². The van der Waals surface area contributed by atoms with Gasteiger partial charge in [-0.3, -0.25) is 9.69 Å². The highest BCUT2D eigenvalue weighted by Gasteiger charge is 2.23. The van der Waals surface area contributed by atoms with Crippen LogP contribution in [0.15, 0.2) is 16.5 Å². The SMILES string of the molecule is CNC(=O)CC1CCN(Cc2ccc([C@H]3CCCCO3)o2)CC1. The minimum absolute atomic E-state index is 0.149. The first-order valence-electron chi connectivity index (χ1n) is 8.87. The Bertz CT molecular complexity index is 500. The van der Waals surface area contributed by atoms with Crippen molar-refractivity contribution in [1.82, 2.24) is 10.2 Å². The molecule has 2 saturated heterocycles.